The van der Waals surface area contributed by atoms with Crippen LogP contribution in [0.1, 0.15) is 12.0 Å². The minimum atomic E-state index is 0.658. The number of halogens is 1. The summed E-state index contributed by atoms with van der Waals surface area (Å²) in [6.45, 7) is 2.16. The number of anilines is 2. The van der Waals surface area contributed by atoms with E-state index in [2.05, 4.69) is 20.6 Å². The van der Waals surface area contributed by atoms with E-state index in [0.717, 1.165) is 40.8 Å². The van der Waals surface area contributed by atoms with Gasteiger partial charge in [0.2, 0.25) is 0 Å². The Balaban J connectivity index is 1.77. The fraction of sp³-hybridized carbons (Fsp3) is 0.238. The second-order valence-corrected chi connectivity index (χ2v) is 6.52. The number of nitrogens with one attached hydrogen (secondary N) is 2. The van der Waals surface area contributed by atoms with Crippen molar-refractivity contribution >= 4 is 23.2 Å². The molecule has 0 saturated heterocycles. The van der Waals surface area contributed by atoms with Gasteiger partial charge in [-0.05, 0) is 24.1 Å². The molecule has 0 aliphatic heterocycles. The Kier molecular flexibility index (Phi) is 7.02. The van der Waals surface area contributed by atoms with Crippen LogP contribution in [0.3, 0.4) is 0 Å². The van der Waals surface area contributed by atoms with E-state index in [-0.39, 0.29) is 0 Å². The third kappa shape index (κ3) is 5.94. The minimum Gasteiger partial charge on any atom is -0.385 e. The summed E-state index contributed by atoms with van der Waals surface area (Å²) in [5.74, 6) is 2.25. The van der Waals surface area contributed by atoms with Crippen molar-refractivity contribution in [2.45, 2.75) is 13.0 Å². The smallest absolute Gasteiger partial charge is 0.163 e. The van der Waals surface area contributed by atoms with Crippen LogP contribution in [0, 0.1) is 0 Å². The summed E-state index contributed by atoms with van der Waals surface area (Å²) in [6, 6.07) is 19.7. The Morgan fingerprint density at radius 1 is 0.926 bits per heavy atom. The van der Waals surface area contributed by atoms with Crippen molar-refractivity contribution in [3.05, 3.63) is 71.2 Å². The van der Waals surface area contributed by atoms with Crippen LogP contribution in [0.4, 0.5) is 11.6 Å². The van der Waals surface area contributed by atoms with Crippen LogP contribution in [0.15, 0.2) is 60.7 Å². The van der Waals surface area contributed by atoms with E-state index >= 15 is 0 Å². The maximum atomic E-state index is 5.95. The summed E-state index contributed by atoms with van der Waals surface area (Å²) in [4.78, 5) is 9.32. The Labute approximate surface area is 164 Å². The Hall–Kier alpha value is -2.63. The van der Waals surface area contributed by atoms with Crippen LogP contribution >= 0.6 is 11.6 Å². The van der Waals surface area contributed by atoms with Crippen LogP contribution < -0.4 is 10.6 Å². The fourth-order valence-corrected chi connectivity index (χ4v) is 2.70. The number of hydrogen-bond acceptors (Lipinski definition) is 5. The molecule has 5 nitrogen and oxygen atoms in total. The van der Waals surface area contributed by atoms with Crippen LogP contribution in [-0.4, -0.2) is 30.2 Å². The Morgan fingerprint density at radius 3 is 2.33 bits per heavy atom. The summed E-state index contributed by atoms with van der Waals surface area (Å²) >= 11 is 5.95. The molecule has 1 heterocycles. The van der Waals surface area contributed by atoms with E-state index in [1.54, 1.807) is 7.11 Å². The fourth-order valence-electron chi connectivity index (χ4n) is 2.57. The number of benzene rings is 2. The van der Waals surface area contributed by atoms with Gasteiger partial charge >= 0.3 is 0 Å². The third-order valence-electron chi connectivity index (χ3n) is 3.98. The highest BCUT2D eigenvalue weighted by Gasteiger charge is 2.07. The Morgan fingerprint density at radius 2 is 1.63 bits per heavy atom. The van der Waals surface area contributed by atoms with Crippen LogP contribution in [0.5, 0.6) is 0 Å². The number of nitrogens with zero attached hydrogens (tertiary/aromatic N) is 2. The van der Waals surface area contributed by atoms with Crippen molar-refractivity contribution in [3.8, 4) is 11.4 Å². The minimum absolute atomic E-state index is 0.658. The van der Waals surface area contributed by atoms with Crippen molar-refractivity contribution < 1.29 is 4.74 Å². The zero-order valence-electron chi connectivity index (χ0n) is 15.3. The second kappa shape index (κ2) is 9.90. The summed E-state index contributed by atoms with van der Waals surface area (Å²) in [5, 5.41) is 7.45. The normalized spacial score (nSPS) is 10.6. The molecule has 6 heteroatoms. The maximum absolute atomic E-state index is 5.95. The summed E-state index contributed by atoms with van der Waals surface area (Å²) in [5.41, 5.74) is 2.11. The molecule has 0 fully saturated rings. The van der Waals surface area contributed by atoms with E-state index in [9.17, 15) is 0 Å². The lowest BCUT2D eigenvalue weighted by Gasteiger charge is -2.12. The van der Waals surface area contributed by atoms with Gasteiger partial charge in [0.15, 0.2) is 5.82 Å². The highest BCUT2D eigenvalue weighted by atomic mass is 35.5. The molecule has 0 atom stereocenters. The van der Waals surface area contributed by atoms with Crippen molar-refractivity contribution in [2.24, 2.45) is 0 Å². The molecule has 0 unspecified atom stereocenters. The van der Waals surface area contributed by atoms with Crippen LogP contribution in [0.25, 0.3) is 11.4 Å². The van der Waals surface area contributed by atoms with Crippen molar-refractivity contribution in [1.82, 2.24) is 9.97 Å². The SMILES string of the molecule is COCCCNc1cc(NCc2ccc(Cl)cc2)nc(-c2ccccc2)n1. The van der Waals surface area contributed by atoms with E-state index in [1.165, 1.54) is 0 Å². The first kappa shape index (κ1) is 19.1. The highest BCUT2D eigenvalue weighted by Crippen LogP contribution is 2.21. The molecule has 0 aliphatic rings. The molecule has 0 spiro atoms. The van der Waals surface area contributed by atoms with Gasteiger partial charge in [-0.25, -0.2) is 9.97 Å². The summed E-state index contributed by atoms with van der Waals surface area (Å²) in [6.07, 6.45) is 0.911. The van der Waals surface area contributed by atoms with Crippen LogP contribution in [0.2, 0.25) is 5.02 Å². The molecule has 27 heavy (non-hydrogen) atoms. The highest BCUT2D eigenvalue weighted by molar-refractivity contribution is 6.30. The van der Waals surface area contributed by atoms with Gasteiger partial charge in [-0.3, -0.25) is 0 Å². The predicted octanol–water partition coefficient (Wildman–Crippen LogP) is 4.86. The molecular formula is C21H23ClN4O. The molecule has 3 aromatic rings. The summed E-state index contributed by atoms with van der Waals surface area (Å²) in [7, 11) is 1.71. The number of aromatic nitrogens is 2. The van der Waals surface area contributed by atoms with Gasteiger partial charge in [0.1, 0.15) is 11.6 Å². The molecule has 0 saturated carbocycles. The monoisotopic (exact) mass is 382 g/mol. The molecule has 0 amide bonds. The maximum Gasteiger partial charge on any atom is 0.163 e. The van der Waals surface area contributed by atoms with Crippen molar-refractivity contribution in [2.75, 3.05) is 30.9 Å². The largest absolute Gasteiger partial charge is 0.385 e. The zero-order chi connectivity index (χ0) is 18.9. The lowest BCUT2D eigenvalue weighted by Crippen LogP contribution is -2.09. The molecule has 0 aliphatic carbocycles. The molecule has 0 bridgehead atoms. The van der Waals surface area contributed by atoms with E-state index < -0.39 is 0 Å². The molecule has 140 valence electrons. The molecule has 2 aromatic carbocycles. The average molecular weight is 383 g/mol. The zero-order valence-corrected chi connectivity index (χ0v) is 16.0. The van der Waals surface area contributed by atoms with E-state index in [0.29, 0.717) is 19.0 Å². The molecule has 0 radical (unpaired) electrons. The molecule has 3 rings (SSSR count). The van der Waals surface area contributed by atoms with Gasteiger partial charge in [-0.15, -0.1) is 0 Å². The van der Waals surface area contributed by atoms with E-state index in [4.69, 9.17) is 16.3 Å². The summed E-state index contributed by atoms with van der Waals surface area (Å²) < 4.78 is 5.10. The van der Waals surface area contributed by atoms with Crippen LogP contribution in [-0.2, 0) is 11.3 Å². The number of rotatable bonds is 9. The molecule has 1 aromatic heterocycles. The van der Waals surface area contributed by atoms with E-state index in [1.807, 2.05) is 60.7 Å². The van der Waals surface area contributed by atoms with Gasteiger partial charge in [-0.2, -0.15) is 0 Å². The number of methoxy groups -OCH3 is 1. The van der Waals surface area contributed by atoms with Crippen molar-refractivity contribution in [3.63, 3.8) is 0 Å². The topological polar surface area (TPSA) is 59.1 Å². The second-order valence-electron chi connectivity index (χ2n) is 6.08. The molecular weight excluding hydrogens is 360 g/mol. The lowest BCUT2D eigenvalue weighted by atomic mass is 10.2. The average Bonchev–Trinajstić information content (AvgIpc) is 2.71. The number of ether oxygens (including phenoxy) is 1. The van der Waals surface area contributed by atoms with Gasteiger partial charge < -0.3 is 15.4 Å². The van der Waals surface area contributed by atoms with Gasteiger partial charge in [0, 0.05) is 43.5 Å². The Bertz CT molecular complexity index is 841. The third-order valence-corrected chi connectivity index (χ3v) is 4.23. The lowest BCUT2D eigenvalue weighted by molar-refractivity contribution is 0.198. The first-order chi connectivity index (χ1) is 13.2. The van der Waals surface area contributed by atoms with Crippen molar-refractivity contribution in [1.29, 1.82) is 0 Å². The van der Waals surface area contributed by atoms with Gasteiger partial charge in [-0.1, -0.05) is 54.1 Å². The quantitative estimate of drug-likeness (QED) is 0.517. The molecule has 2 N–H and O–H groups in total. The predicted molar refractivity (Wildman–Crippen MR) is 111 cm³/mol. The van der Waals surface area contributed by atoms with Gasteiger partial charge in [0.25, 0.3) is 0 Å². The standard InChI is InChI=1S/C21H23ClN4O/c1-27-13-5-12-23-19-14-20(24-15-16-8-10-18(22)11-9-16)26-21(25-19)17-6-3-2-4-7-17/h2-4,6-11,14H,5,12-13,15H2,1H3,(H2,23,24,25,26). The first-order valence-electron chi connectivity index (χ1n) is 8.90. The van der Waals surface area contributed by atoms with Gasteiger partial charge in [0.05, 0.1) is 0 Å². The number of hydrogen-bond donors (Lipinski definition) is 2. The first-order valence-corrected chi connectivity index (χ1v) is 9.28.